The summed E-state index contributed by atoms with van der Waals surface area (Å²) in [7, 11) is 1.70. The van der Waals surface area contributed by atoms with Crippen LogP contribution in [0.3, 0.4) is 0 Å². The van der Waals surface area contributed by atoms with E-state index in [2.05, 4.69) is 11.5 Å². The summed E-state index contributed by atoms with van der Waals surface area (Å²) in [6.45, 7) is 0. The van der Waals surface area contributed by atoms with Gasteiger partial charge in [0.1, 0.15) is 5.75 Å². The van der Waals surface area contributed by atoms with Crippen molar-refractivity contribution in [2.45, 2.75) is 31.7 Å². The van der Waals surface area contributed by atoms with Crippen molar-refractivity contribution in [1.82, 2.24) is 5.43 Å². The zero-order valence-corrected chi connectivity index (χ0v) is 9.85. The van der Waals surface area contributed by atoms with Gasteiger partial charge in [0.05, 0.1) is 13.2 Å². The maximum atomic E-state index is 5.60. The van der Waals surface area contributed by atoms with Crippen LogP contribution in [-0.4, -0.2) is 7.11 Å². The summed E-state index contributed by atoms with van der Waals surface area (Å²) in [5.74, 6) is 7.39. The zero-order chi connectivity index (χ0) is 10.7. The number of nitrogens with one attached hydrogen (secondary N) is 1. The molecule has 0 amide bonds. The third-order valence-corrected chi connectivity index (χ3v) is 4.19. The van der Waals surface area contributed by atoms with Crippen molar-refractivity contribution in [2.24, 2.45) is 11.8 Å². The lowest BCUT2D eigenvalue weighted by molar-refractivity contribution is 0.263. The Morgan fingerprint density at radius 3 is 2.93 bits per heavy atom. The second-order valence-electron chi connectivity index (χ2n) is 4.14. The van der Waals surface area contributed by atoms with Crippen LogP contribution in [-0.2, 0) is 0 Å². The summed E-state index contributed by atoms with van der Waals surface area (Å²) in [6.07, 6.45) is 5.26. The second kappa shape index (κ2) is 4.96. The Kier molecular flexibility index (Phi) is 3.61. The molecule has 1 atom stereocenters. The molecule has 1 aliphatic rings. The number of rotatable bonds is 5. The minimum atomic E-state index is 0.296. The molecule has 0 aromatic carbocycles. The molecule has 4 heteroatoms. The van der Waals surface area contributed by atoms with E-state index < -0.39 is 0 Å². The lowest BCUT2D eigenvalue weighted by Gasteiger charge is -2.28. The molecule has 3 nitrogen and oxygen atoms in total. The zero-order valence-electron chi connectivity index (χ0n) is 9.03. The van der Waals surface area contributed by atoms with Gasteiger partial charge in [-0.25, -0.2) is 0 Å². The summed E-state index contributed by atoms with van der Waals surface area (Å²) >= 11 is 1.72. The number of hydrazine groups is 1. The van der Waals surface area contributed by atoms with Gasteiger partial charge in [0.2, 0.25) is 0 Å². The number of ether oxygens (including phenoxy) is 1. The van der Waals surface area contributed by atoms with Gasteiger partial charge in [-0.3, -0.25) is 11.3 Å². The number of methoxy groups -OCH3 is 1. The molecule has 1 fully saturated rings. The molecule has 1 unspecified atom stereocenters. The Balaban J connectivity index is 1.97. The van der Waals surface area contributed by atoms with Crippen LogP contribution in [0.25, 0.3) is 0 Å². The Hall–Kier alpha value is -0.580. The van der Waals surface area contributed by atoms with Gasteiger partial charge in [0.15, 0.2) is 0 Å². The molecule has 2 rings (SSSR count). The number of thiophene rings is 1. The normalized spacial score (nSPS) is 18.5. The van der Waals surface area contributed by atoms with Crippen molar-refractivity contribution < 1.29 is 4.74 Å². The van der Waals surface area contributed by atoms with Crippen LogP contribution in [0.1, 0.15) is 36.6 Å². The van der Waals surface area contributed by atoms with Gasteiger partial charge in [0.25, 0.3) is 0 Å². The predicted molar refractivity (Wildman–Crippen MR) is 62.9 cm³/mol. The minimum Gasteiger partial charge on any atom is -0.496 e. The molecular formula is C11H18N2OS. The van der Waals surface area contributed by atoms with Crippen LogP contribution in [0, 0.1) is 5.92 Å². The first kappa shape index (κ1) is 10.9. The minimum absolute atomic E-state index is 0.296. The van der Waals surface area contributed by atoms with Gasteiger partial charge in [-0.05, 0) is 18.4 Å². The Labute approximate surface area is 94.6 Å². The highest BCUT2D eigenvalue weighted by Gasteiger charge is 2.23. The fourth-order valence-corrected chi connectivity index (χ4v) is 2.88. The van der Waals surface area contributed by atoms with Gasteiger partial charge < -0.3 is 4.74 Å². The van der Waals surface area contributed by atoms with E-state index in [1.54, 1.807) is 18.4 Å². The number of nitrogens with two attached hydrogens (primary N) is 1. The van der Waals surface area contributed by atoms with Crippen LogP contribution >= 0.6 is 11.3 Å². The second-order valence-corrected chi connectivity index (χ2v) is 5.08. The fraction of sp³-hybridized carbons (Fsp3) is 0.636. The first-order valence-corrected chi connectivity index (χ1v) is 6.30. The van der Waals surface area contributed by atoms with Crippen molar-refractivity contribution >= 4 is 11.3 Å². The van der Waals surface area contributed by atoms with E-state index in [0.717, 1.165) is 18.1 Å². The molecule has 3 N–H and O–H groups in total. The standard InChI is InChI=1S/C11H18N2OS/c1-14-9-6-11(15-7-9)10(13-12)5-8-3-2-4-8/h6-8,10,13H,2-5,12H2,1H3. The van der Waals surface area contributed by atoms with Gasteiger partial charge >= 0.3 is 0 Å². The van der Waals surface area contributed by atoms with E-state index in [1.807, 2.05) is 5.38 Å². The van der Waals surface area contributed by atoms with Crippen molar-refractivity contribution in [2.75, 3.05) is 7.11 Å². The van der Waals surface area contributed by atoms with Crippen molar-refractivity contribution in [3.8, 4) is 5.75 Å². The smallest absolute Gasteiger partial charge is 0.129 e. The third kappa shape index (κ3) is 2.51. The number of hydrogen-bond acceptors (Lipinski definition) is 4. The van der Waals surface area contributed by atoms with Gasteiger partial charge in [0, 0.05) is 10.3 Å². The molecule has 0 spiro atoms. The summed E-state index contributed by atoms with van der Waals surface area (Å²) < 4.78 is 5.18. The highest BCUT2D eigenvalue weighted by molar-refractivity contribution is 7.10. The quantitative estimate of drug-likeness (QED) is 0.599. The lowest BCUT2D eigenvalue weighted by atomic mass is 9.81. The highest BCUT2D eigenvalue weighted by atomic mass is 32.1. The molecule has 1 heterocycles. The summed E-state index contributed by atoms with van der Waals surface area (Å²) in [5.41, 5.74) is 2.91. The van der Waals surface area contributed by atoms with Gasteiger partial charge in [-0.2, -0.15) is 0 Å². The van der Waals surface area contributed by atoms with Gasteiger partial charge in [-0.1, -0.05) is 19.3 Å². The Morgan fingerprint density at radius 2 is 2.47 bits per heavy atom. The van der Waals surface area contributed by atoms with Crippen molar-refractivity contribution in [3.63, 3.8) is 0 Å². The van der Waals surface area contributed by atoms with Crippen LogP contribution in [0.5, 0.6) is 5.75 Å². The lowest BCUT2D eigenvalue weighted by Crippen LogP contribution is -2.30. The summed E-state index contributed by atoms with van der Waals surface area (Å²) in [4.78, 5) is 1.28. The first-order chi connectivity index (χ1) is 7.33. The molecule has 1 aromatic rings. The molecule has 0 saturated heterocycles. The van der Waals surface area contributed by atoms with Crippen LogP contribution < -0.4 is 16.0 Å². The van der Waals surface area contributed by atoms with E-state index in [1.165, 1.54) is 24.1 Å². The SMILES string of the molecule is COc1csc(C(CC2CCC2)NN)c1. The van der Waals surface area contributed by atoms with Crippen LogP contribution in [0.4, 0.5) is 0 Å². The molecule has 15 heavy (non-hydrogen) atoms. The molecule has 1 aliphatic carbocycles. The van der Waals surface area contributed by atoms with E-state index >= 15 is 0 Å². The summed E-state index contributed by atoms with van der Waals surface area (Å²) in [5, 5.41) is 2.03. The molecule has 0 radical (unpaired) electrons. The monoisotopic (exact) mass is 226 g/mol. The van der Waals surface area contributed by atoms with E-state index in [0.29, 0.717) is 6.04 Å². The first-order valence-electron chi connectivity index (χ1n) is 5.42. The maximum Gasteiger partial charge on any atom is 0.129 e. The average molecular weight is 226 g/mol. The Morgan fingerprint density at radius 1 is 1.67 bits per heavy atom. The maximum absolute atomic E-state index is 5.60. The molecule has 0 bridgehead atoms. The largest absolute Gasteiger partial charge is 0.496 e. The summed E-state index contributed by atoms with van der Waals surface area (Å²) in [6, 6.07) is 2.37. The van der Waals surface area contributed by atoms with Gasteiger partial charge in [-0.15, -0.1) is 11.3 Å². The van der Waals surface area contributed by atoms with Crippen molar-refractivity contribution in [3.05, 3.63) is 16.3 Å². The highest BCUT2D eigenvalue weighted by Crippen LogP contribution is 2.36. The molecule has 0 aliphatic heterocycles. The molecule has 1 saturated carbocycles. The number of hydrogen-bond donors (Lipinski definition) is 2. The predicted octanol–water partition coefficient (Wildman–Crippen LogP) is 2.45. The van der Waals surface area contributed by atoms with E-state index in [-0.39, 0.29) is 0 Å². The topological polar surface area (TPSA) is 47.3 Å². The average Bonchev–Trinajstić information content (AvgIpc) is 2.65. The molecule has 84 valence electrons. The van der Waals surface area contributed by atoms with Crippen LogP contribution in [0.2, 0.25) is 0 Å². The van der Waals surface area contributed by atoms with Crippen LogP contribution in [0.15, 0.2) is 11.4 Å². The third-order valence-electron chi connectivity index (χ3n) is 3.17. The fourth-order valence-electron chi connectivity index (χ4n) is 1.95. The Bertz CT molecular complexity index is 309. The molecule has 1 aromatic heterocycles. The van der Waals surface area contributed by atoms with Crippen molar-refractivity contribution in [1.29, 1.82) is 0 Å². The van der Waals surface area contributed by atoms with E-state index in [9.17, 15) is 0 Å². The van der Waals surface area contributed by atoms with E-state index in [4.69, 9.17) is 10.6 Å². The molecular weight excluding hydrogens is 208 g/mol.